The molecule has 0 aliphatic rings. The molecule has 0 amide bonds. The Morgan fingerprint density at radius 2 is 0.673 bits per heavy atom. The van der Waals surface area contributed by atoms with Gasteiger partial charge in [-0.3, -0.25) is 0 Å². The van der Waals surface area contributed by atoms with Crippen molar-refractivity contribution in [2.45, 2.75) is 51.4 Å². The summed E-state index contributed by atoms with van der Waals surface area (Å²) in [5.41, 5.74) is 0. The molecular weight excluding hydrogens is 1090 g/mol. The van der Waals surface area contributed by atoms with Crippen LogP contribution in [0.3, 0.4) is 0 Å². The van der Waals surface area contributed by atoms with E-state index in [9.17, 15) is 0 Å². The van der Waals surface area contributed by atoms with E-state index in [1.165, 1.54) is 114 Å². The molecular formula is C24H50S25. The number of hydrogen-bond acceptors (Lipinski definition) is 25. The van der Waals surface area contributed by atoms with Gasteiger partial charge in [0.05, 0.1) is 20.3 Å². The zero-order valence-corrected chi connectivity index (χ0v) is 47.8. The van der Waals surface area contributed by atoms with E-state index >= 15 is 0 Å². The van der Waals surface area contributed by atoms with E-state index in [1.54, 1.807) is 10.8 Å². The van der Waals surface area contributed by atoms with Crippen LogP contribution < -0.4 is 0 Å². The molecule has 0 N–H and O–H groups in total. The lowest BCUT2D eigenvalue weighted by molar-refractivity contribution is 0.605. The second kappa shape index (κ2) is 56.8. The van der Waals surface area contributed by atoms with Gasteiger partial charge in [0.1, 0.15) is 0 Å². The molecule has 0 atom stereocenters. The molecule has 0 aliphatic heterocycles. The summed E-state index contributed by atoms with van der Waals surface area (Å²) in [6, 6.07) is 0. The standard InChI is InChI=1S/C24H50S25/c25-9-14-29-16-15-28-11-8-13-32-36-21-35-31-12-7-5-3-1-2-4-6-10-27-17-19-34-44-46-48-49-47-45-42-24-39-38-23-41-43-40-22-37-33-20-18-30-26/h25-26H,1-24H2. The zero-order valence-electron chi connectivity index (χ0n) is 27.3. The topological polar surface area (TPSA) is 0 Å². The molecule has 0 rings (SSSR count). The maximum atomic E-state index is 4.26. The monoisotopic (exact) mass is 1140 g/mol. The third-order valence-corrected chi connectivity index (χ3v) is 42.6. The minimum absolute atomic E-state index is 1.01. The van der Waals surface area contributed by atoms with Gasteiger partial charge in [0, 0.05) is 51.8 Å². The Bertz CT molecular complexity index is 525. The molecule has 0 aliphatic carbocycles. The fraction of sp³-hybridized carbons (Fsp3) is 1.00. The highest BCUT2D eigenvalue weighted by atomic mass is 34.0. The van der Waals surface area contributed by atoms with Crippen LogP contribution in [0.2, 0.25) is 0 Å². The van der Waals surface area contributed by atoms with Gasteiger partial charge in [-0.15, -0.1) is 11.7 Å². The van der Waals surface area contributed by atoms with Crippen molar-refractivity contribution in [3.63, 3.8) is 0 Å². The number of unbranched alkanes of at least 4 members (excludes halogenated alkanes) is 6. The Kier molecular flexibility index (Phi) is 66.9. The lowest BCUT2D eigenvalue weighted by atomic mass is 10.1. The highest BCUT2D eigenvalue weighted by Crippen LogP contribution is 2.57. The van der Waals surface area contributed by atoms with Crippen LogP contribution in [0.5, 0.6) is 0 Å². The second-order valence-corrected chi connectivity index (χ2v) is 43.1. The molecule has 0 radical (unpaired) electrons. The molecule has 0 heterocycles. The van der Waals surface area contributed by atoms with Gasteiger partial charge < -0.3 is 0 Å². The fourth-order valence-corrected chi connectivity index (χ4v) is 43.0. The molecule has 0 nitrogen and oxygen atoms in total. The maximum Gasteiger partial charge on any atom is 0.0608 e. The number of thioether (sulfide) groups is 3. The summed E-state index contributed by atoms with van der Waals surface area (Å²) in [4.78, 5) is 0. The first-order valence-electron chi connectivity index (χ1n) is 15.2. The number of thiol groups is 2. The molecule has 0 aromatic rings. The Balaban J connectivity index is 3.04. The highest BCUT2D eigenvalue weighted by Gasteiger charge is 2.00. The van der Waals surface area contributed by atoms with E-state index in [-0.39, 0.29) is 0 Å². The van der Waals surface area contributed by atoms with Gasteiger partial charge in [-0.1, -0.05) is 172 Å². The lowest BCUT2D eigenvalue weighted by Crippen LogP contribution is -1.90. The molecule has 25 heteroatoms. The Morgan fingerprint density at radius 3 is 1.31 bits per heavy atom. The molecule has 0 saturated heterocycles. The first-order chi connectivity index (χ1) is 24.4. The molecule has 0 bridgehead atoms. The minimum atomic E-state index is 1.01. The Labute approximate surface area is 402 Å². The van der Waals surface area contributed by atoms with E-state index in [2.05, 4.69) is 80.2 Å². The van der Waals surface area contributed by atoms with E-state index < -0.39 is 0 Å². The van der Waals surface area contributed by atoms with Crippen LogP contribution in [-0.2, 0) is 0 Å². The highest BCUT2D eigenvalue weighted by molar-refractivity contribution is 9.48. The summed E-state index contributed by atoms with van der Waals surface area (Å²) >= 11 is 14.7. The maximum absolute atomic E-state index is 4.26. The third kappa shape index (κ3) is 56.8. The van der Waals surface area contributed by atoms with Gasteiger partial charge in [-0.25, -0.2) is 0 Å². The van der Waals surface area contributed by atoms with E-state index in [0.717, 1.165) is 26.8 Å². The van der Waals surface area contributed by atoms with Crippen LogP contribution in [0.1, 0.15) is 51.4 Å². The lowest BCUT2D eigenvalue weighted by Gasteiger charge is -2.04. The largest absolute Gasteiger partial charge is 0.179 e. The van der Waals surface area contributed by atoms with Crippen molar-refractivity contribution >= 4 is 269 Å². The van der Waals surface area contributed by atoms with Crippen molar-refractivity contribution in [3.8, 4) is 0 Å². The summed E-state index contributed by atoms with van der Waals surface area (Å²) < 4.78 is 0. The van der Waals surface area contributed by atoms with Crippen LogP contribution in [0, 0.1) is 0 Å². The van der Waals surface area contributed by atoms with Crippen LogP contribution in [-0.4, -0.2) is 89.4 Å². The summed E-state index contributed by atoms with van der Waals surface area (Å²) in [5.74, 6) is 14.9. The molecule has 0 fully saturated rings. The van der Waals surface area contributed by atoms with E-state index in [4.69, 9.17) is 0 Å². The molecule has 0 aromatic carbocycles. The smallest absolute Gasteiger partial charge is 0.0608 e. The van der Waals surface area contributed by atoms with Crippen LogP contribution in [0.25, 0.3) is 0 Å². The van der Waals surface area contributed by atoms with Crippen LogP contribution >= 0.6 is 269 Å². The average molecular weight is 1140 g/mol. The molecule has 0 saturated carbocycles. The van der Waals surface area contributed by atoms with Crippen molar-refractivity contribution in [2.75, 3.05) is 89.4 Å². The van der Waals surface area contributed by atoms with Crippen molar-refractivity contribution < 1.29 is 0 Å². The van der Waals surface area contributed by atoms with Gasteiger partial charge in [-0.05, 0) is 105 Å². The van der Waals surface area contributed by atoms with Gasteiger partial charge in [0.25, 0.3) is 0 Å². The molecule has 0 spiro atoms. The SMILES string of the molecule is SCCSCCSCCCSSCSSCCCCCCCCCSCCSSSSSSSSCSSCSSSCSSCCSS. The summed E-state index contributed by atoms with van der Waals surface area (Å²) in [5, 5.41) is 4.68. The number of hydrogen-bond donors (Lipinski definition) is 2. The van der Waals surface area contributed by atoms with Crippen LogP contribution in [0.4, 0.5) is 0 Å². The van der Waals surface area contributed by atoms with Crippen molar-refractivity contribution in [3.05, 3.63) is 0 Å². The summed E-state index contributed by atoms with van der Waals surface area (Å²) in [6.45, 7) is 0. The molecule has 0 aromatic heterocycles. The average Bonchev–Trinajstić information content (AvgIpc) is 3.11. The molecule has 49 heavy (non-hydrogen) atoms. The second-order valence-electron chi connectivity index (χ2n) is 8.40. The predicted molar refractivity (Wildman–Crippen MR) is 307 cm³/mol. The molecule has 296 valence electrons. The summed E-state index contributed by atoms with van der Waals surface area (Å²) in [6.07, 6.45) is 11.3. The fourth-order valence-electron chi connectivity index (χ4n) is 2.76. The van der Waals surface area contributed by atoms with Gasteiger partial charge >= 0.3 is 0 Å². The first-order valence-corrected chi connectivity index (χ1v) is 45.5. The van der Waals surface area contributed by atoms with E-state index in [1.807, 2.05) is 178 Å². The number of rotatable bonds is 46. The zero-order chi connectivity index (χ0) is 35.2. The Morgan fingerprint density at radius 1 is 0.265 bits per heavy atom. The Hall–Kier alpha value is 8.75. The van der Waals surface area contributed by atoms with Crippen molar-refractivity contribution in [2.24, 2.45) is 0 Å². The normalized spacial score (nSPS) is 11.6. The third-order valence-electron chi connectivity index (χ3n) is 4.76. The molecule has 0 unspecified atom stereocenters. The predicted octanol–water partition coefficient (Wildman–Crippen LogP) is 19.5. The first kappa shape index (κ1) is 57.8. The van der Waals surface area contributed by atoms with Gasteiger partial charge in [-0.2, -0.15) is 47.9 Å². The van der Waals surface area contributed by atoms with E-state index in [0.29, 0.717) is 0 Å². The quantitative estimate of drug-likeness (QED) is 0.0257. The van der Waals surface area contributed by atoms with Crippen molar-refractivity contribution in [1.82, 2.24) is 0 Å². The van der Waals surface area contributed by atoms with Gasteiger partial charge in [0.2, 0.25) is 0 Å². The minimum Gasteiger partial charge on any atom is -0.179 e. The van der Waals surface area contributed by atoms with Gasteiger partial charge in [0.15, 0.2) is 0 Å². The van der Waals surface area contributed by atoms with Crippen LogP contribution in [0.15, 0.2) is 0 Å². The van der Waals surface area contributed by atoms with Crippen molar-refractivity contribution in [1.29, 1.82) is 0 Å². The summed E-state index contributed by atoms with van der Waals surface area (Å²) in [7, 11) is 39.0.